The molecule has 3 N–H and O–H groups in total. The predicted molar refractivity (Wildman–Crippen MR) is 72.6 cm³/mol. The van der Waals surface area contributed by atoms with Crippen LogP contribution in [0.25, 0.3) is 0 Å². The molecule has 6 nitrogen and oxygen atoms in total. The van der Waals surface area contributed by atoms with Crippen molar-refractivity contribution in [3.8, 4) is 0 Å². The van der Waals surface area contributed by atoms with Crippen LogP contribution in [-0.4, -0.2) is 10.5 Å². The number of pyridine rings is 1. The molecule has 0 spiro atoms. The summed E-state index contributed by atoms with van der Waals surface area (Å²) in [4.78, 5) is 23.1. The first-order valence-corrected chi connectivity index (χ1v) is 6.27. The number of aryl methyl sites for hydroxylation is 1. The first-order chi connectivity index (χ1) is 9.01. The van der Waals surface area contributed by atoms with Crippen molar-refractivity contribution in [1.29, 1.82) is 0 Å². The molecule has 0 saturated heterocycles. The average molecular weight is 326 g/mol. The molecule has 0 aromatic carbocycles. The van der Waals surface area contributed by atoms with Gasteiger partial charge in [-0.2, -0.15) is 0 Å². The number of nitrogens with zero attached hydrogens (tertiary/aromatic N) is 1. The number of nitrogens with one attached hydrogen (secondary N) is 1. The van der Waals surface area contributed by atoms with Gasteiger partial charge in [-0.3, -0.25) is 15.0 Å². The van der Waals surface area contributed by atoms with Gasteiger partial charge in [0.25, 0.3) is 11.5 Å². The quantitative estimate of drug-likeness (QED) is 0.503. The summed E-state index contributed by atoms with van der Waals surface area (Å²) in [5.74, 6) is 5.62. The van der Waals surface area contributed by atoms with E-state index in [1.54, 1.807) is 25.3 Å². The Morgan fingerprint density at radius 2 is 2.26 bits per heavy atom. The molecule has 0 unspecified atom stereocenters. The van der Waals surface area contributed by atoms with Gasteiger partial charge in [-0.15, -0.1) is 0 Å². The largest absolute Gasteiger partial charge is 0.464 e. The molecule has 2 aromatic heterocycles. The highest BCUT2D eigenvalue weighted by Crippen LogP contribution is 2.15. The summed E-state index contributed by atoms with van der Waals surface area (Å²) in [6.45, 7) is 1.91. The van der Waals surface area contributed by atoms with Crippen LogP contribution in [-0.2, 0) is 6.54 Å². The minimum Gasteiger partial charge on any atom is -0.464 e. The predicted octanol–water partition coefficient (Wildman–Crippen LogP) is 1.16. The maximum atomic E-state index is 11.7. The monoisotopic (exact) mass is 325 g/mol. The number of halogens is 1. The van der Waals surface area contributed by atoms with Crippen molar-refractivity contribution in [2.45, 2.75) is 13.5 Å². The van der Waals surface area contributed by atoms with E-state index in [1.807, 2.05) is 5.43 Å². The van der Waals surface area contributed by atoms with Crippen LogP contribution in [0.15, 0.2) is 38.1 Å². The topological polar surface area (TPSA) is 90.3 Å². The minimum atomic E-state index is -0.422. The van der Waals surface area contributed by atoms with Gasteiger partial charge >= 0.3 is 0 Å². The van der Waals surface area contributed by atoms with E-state index in [0.29, 0.717) is 17.1 Å². The molecule has 0 aliphatic rings. The maximum Gasteiger partial charge on any atom is 0.268 e. The van der Waals surface area contributed by atoms with Crippen LogP contribution in [0.2, 0.25) is 0 Å². The number of hydrazine groups is 1. The Kier molecular flexibility index (Phi) is 3.87. The second kappa shape index (κ2) is 5.41. The van der Waals surface area contributed by atoms with Gasteiger partial charge in [0.2, 0.25) is 0 Å². The Balaban J connectivity index is 2.32. The molecule has 0 aliphatic carbocycles. The lowest BCUT2D eigenvalue weighted by molar-refractivity contribution is 0.0952. The molecule has 100 valence electrons. The molecule has 19 heavy (non-hydrogen) atoms. The van der Waals surface area contributed by atoms with E-state index in [2.05, 4.69) is 15.9 Å². The molecule has 0 fully saturated rings. The van der Waals surface area contributed by atoms with Crippen LogP contribution in [0.1, 0.15) is 21.9 Å². The van der Waals surface area contributed by atoms with E-state index < -0.39 is 5.91 Å². The molecular weight excluding hydrogens is 314 g/mol. The van der Waals surface area contributed by atoms with Crippen LogP contribution in [0.5, 0.6) is 0 Å². The number of aromatic nitrogens is 1. The number of hydrogen-bond donors (Lipinski definition) is 2. The highest BCUT2D eigenvalue weighted by molar-refractivity contribution is 9.10. The van der Waals surface area contributed by atoms with Crippen molar-refractivity contribution in [3.05, 3.63) is 56.3 Å². The Morgan fingerprint density at radius 1 is 1.53 bits per heavy atom. The molecule has 0 bridgehead atoms. The molecule has 1 amide bonds. The van der Waals surface area contributed by atoms with Gasteiger partial charge in [-0.1, -0.05) is 0 Å². The molecule has 2 heterocycles. The highest BCUT2D eigenvalue weighted by atomic mass is 79.9. The zero-order chi connectivity index (χ0) is 14.0. The van der Waals surface area contributed by atoms with E-state index in [0.717, 1.165) is 4.47 Å². The maximum absolute atomic E-state index is 11.7. The molecule has 0 saturated carbocycles. The second-order valence-electron chi connectivity index (χ2n) is 3.97. The number of amides is 1. The zero-order valence-electron chi connectivity index (χ0n) is 10.1. The van der Waals surface area contributed by atoms with E-state index in [4.69, 9.17) is 10.3 Å². The lowest BCUT2D eigenvalue weighted by Crippen LogP contribution is -2.30. The fraction of sp³-hybridized carbons (Fsp3) is 0.167. The molecule has 2 rings (SSSR count). The van der Waals surface area contributed by atoms with Gasteiger partial charge in [0, 0.05) is 16.7 Å². The number of carbonyl (C=O) groups is 1. The van der Waals surface area contributed by atoms with Gasteiger partial charge in [-0.05, 0) is 35.0 Å². The molecular formula is C12H12BrN3O3. The molecule has 0 aliphatic heterocycles. The number of rotatable bonds is 3. The third-order valence-corrected chi connectivity index (χ3v) is 3.09. The van der Waals surface area contributed by atoms with E-state index in [-0.39, 0.29) is 12.1 Å². The summed E-state index contributed by atoms with van der Waals surface area (Å²) >= 11 is 3.29. The number of furan rings is 1. The Hall–Kier alpha value is -1.86. The first-order valence-electron chi connectivity index (χ1n) is 5.47. The van der Waals surface area contributed by atoms with E-state index in [1.165, 1.54) is 10.6 Å². The third kappa shape index (κ3) is 2.94. The SMILES string of the molecule is Cc1oc(Cn2cc(Br)ccc2=O)cc1C(=O)NN. The van der Waals surface area contributed by atoms with Crippen molar-refractivity contribution in [3.63, 3.8) is 0 Å². The number of hydrogen-bond acceptors (Lipinski definition) is 4. The molecule has 2 aromatic rings. The van der Waals surface area contributed by atoms with E-state index in [9.17, 15) is 9.59 Å². The van der Waals surface area contributed by atoms with Gasteiger partial charge in [-0.25, -0.2) is 5.84 Å². The minimum absolute atomic E-state index is 0.151. The number of carbonyl (C=O) groups excluding carboxylic acids is 1. The fourth-order valence-electron chi connectivity index (χ4n) is 1.72. The van der Waals surface area contributed by atoms with Crippen molar-refractivity contribution in [1.82, 2.24) is 9.99 Å². The average Bonchev–Trinajstić information content (AvgIpc) is 2.74. The van der Waals surface area contributed by atoms with Crippen LogP contribution in [0, 0.1) is 6.92 Å². The van der Waals surface area contributed by atoms with Crippen LogP contribution in [0.3, 0.4) is 0 Å². The summed E-state index contributed by atoms with van der Waals surface area (Å²) < 4.78 is 7.71. The van der Waals surface area contributed by atoms with Crippen LogP contribution in [0.4, 0.5) is 0 Å². The summed E-state index contributed by atoms with van der Waals surface area (Å²) in [5.41, 5.74) is 2.26. The van der Waals surface area contributed by atoms with Gasteiger partial charge in [0.05, 0.1) is 12.1 Å². The highest BCUT2D eigenvalue weighted by Gasteiger charge is 2.14. The fourth-order valence-corrected chi connectivity index (χ4v) is 2.10. The number of nitrogens with two attached hydrogens (primary N) is 1. The van der Waals surface area contributed by atoms with Gasteiger partial charge < -0.3 is 8.98 Å². The summed E-state index contributed by atoms with van der Waals surface area (Å²) in [6, 6.07) is 4.69. The van der Waals surface area contributed by atoms with Crippen molar-refractivity contribution >= 4 is 21.8 Å². The zero-order valence-corrected chi connectivity index (χ0v) is 11.7. The van der Waals surface area contributed by atoms with Crippen molar-refractivity contribution in [2.24, 2.45) is 5.84 Å². The van der Waals surface area contributed by atoms with Gasteiger partial charge in [0.15, 0.2) is 0 Å². The summed E-state index contributed by atoms with van der Waals surface area (Å²) in [6.07, 6.45) is 1.66. The van der Waals surface area contributed by atoms with Crippen LogP contribution < -0.4 is 16.8 Å². The third-order valence-electron chi connectivity index (χ3n) is 2.62. The molecule has 7 heteroatoms. The van der Waals surface area contributed by atoms with Crippen LogP contribution >= 0.6 is 15.9 Å². The second-order valence-corrected chi connectivity index (χ2v) is 4.89. The Bertz CT molecular complexity index is 675. The van der Waals surface area contributed by atoms with Crippen molar-refractivity contribution < 1.29 is 9.21 Å². The molecule has 0 radical (unpaired) electrons. The Labute approximate surface area is 117 Å². The van der Waals surface area contributed by atoms with E-state index >= 15 is 0 Å². The van der Waals surface area contributed by atoms with Crippen molar-refractivity contribution in [2.75, 3.05) is 0 Å². The smallest absolute Gasteiger partial charge is 0.268 e. The first kappa shape index (κ1) is 13.6. The number of nitrogen functional groups attached to an aromatic ring is 1. The molecule has 0 atom stereocenters. The summed E-state index contributed by atoms with van der Waals surface area (Å²) in [7, 11) is 0. The normalized spacial score (nSPS) is 10.5. The summed E-state index contributed by atoms with van der Waals surface area (Å²) in [5, 5.41) is 0. The lowest BCUT2D eigenvalue weighted by atomic mass is 10.2. The Morgan fingerprint density at radius 3 is 2.95 bits per heavy atom. The standard InChI is InChI=1S/C12H12BrN3O3/c1-7-10(12(18)15-14)4-9(19-7)6-16-5-8(13)2-3-11(16)17/h2-5H,6,14H2,1H3,(H,15,18). The lowest BCUT2D eigenvalue weighted by Gasteiger charge is -2.02. The van der Waals surface area contributed by atoms with Gasteiger partial charge in [0.1, 0.15) is 11.5 Å².